The maximum Gasteiger partial charge on any atom is 0.262 e. The van der Waals surface area contributed by atoms with E-state index in [2.05, 4.69) is 4.72 Å². The Bertz CT molecular complexity index is 967. The van der Waals surface area contributed by atoms with E-state index in [0.29, 0.717) is 36.0 Å². The SMILES string of the molecule is O=C(c1ccc(NS(=O)(=O)c2ccc3c(c2)OCCO3)cc1)N1CCCCC1. The second-order valence-corrected chi connectivity index (χ2v) is 8.52. The number of carbonyl (C=O) groups excluding carboxylic acids is 1. The van der Waals surface area contributed by atoms with Gasteiger partial charge >= 0.3 is 0 Å². The Balaban J connectivity index is 1.48. The van der Waals surface area contributed by atoms with E-state index in [9.17, 15) is 13.2 Å². The van der Waals surface area contributed by atoms with Gasteiger partial charge in [0, 0.05) is 30.4 Å². The maximum absolute atomic E-state index is 12.7. The van der Waals surface area contributed by atoms with Crippen LogP contribution in [0.3, 0.4) is 0 Å². The molecule has 0 aromatic heterocycles. The van der Waals surface area contributed by atoms with Crippen molar-refractivity contribution in [2.75, 3.05) is 31.0 Å². The summed E-state index contributed by atoms with van der Waals surface area (Å²) in [4.78, 5) is 14.4. The molecule has 2 heterocycles. The monoisotopic (exact) mass is 402 g/mol. The molecule has 2 aliphatic rings. The molecular formula is C20H22N2O5S. The minimum atomic E-state index is -3.78. The Morgan fingerprint density at radius 2 is 1.57 bits per heavy atom. The molecule has 1 saturated heterocycles. The van der Waals surface area contributed by atoms with E-state index in [-0.39, 0.29) is 10.8 Å². The minimum absolute atomic E-state index is 0.0130. The van der Waals surface area contributed by atoms with Crippen molar-refractivity contribution in [1.82, 2.24) is 4.90 Å². The molecule has 0 saturated carbocycles. The summed E-state index contributed by atoms with van der Waals surface area (Å²) in [6.45, 7) is 2.38. The van der Waals surface area contributed by atoms with Crippen LogP contribution in [0.4, 0.5) is 5.69 Å². The number of fused-ring (bicyclic) bond motifs is 1. The molecule has 7 nitrogen and oxygen atoms in total. The number of amides is 1. The third-order valence-corrected chi connectivity index (χ3v) is 6.23. The molecule has 0 radical (unpaired) electrons. The third kappa shape index (κ3) is 3.91. The molecule has 1 N–H and O–H groups in total. The molecule has 0 unspecified atom stereocenters. The van der Waals surface area contributed by atoms with Gasteiger partial charge < -0.3 is 14.4 Å². The number of sulfonamides is 1. The highest BCUT2D eigenvalue weighted by molar-refractivity contribution is 7.92. The lowest BCUT2D eigenvalue weighted by molar-refractivity contribution is 0.0724. The van der Waals surface area contributed by atoms with Crippen LogP contribution < -0.4 is 14.2 Å². The van der Waals surface area contributed by atoms with E-state index in [0.717, 1.165) is 32.4 Å². The summed E-state index contributed by atoms with van der Waals surface area (Å²) in [6, 6.07) is 11.0. The quantitative estimate of drug-likeness (QED) is 0.850. The molecule has 4 rings (SSSR count). The lowest BCUT2D eigenvalue weighted by Crippen LogP contribution is -2.35. The van der Waals surface area contributed by atoms with Gasteiger partial charge in [0.2, 0.25) is 0 Å². The van der Waals surface area contributed by atoms with E-state index >= 15 is 0 Å². The highest BCUT2D eigenvalue weighted by atomic mass is 32.2. The normalized spacial score (nSPS) is 16.5. The van der Waals surface area contributed by atoms with Crippen LogP contribution in [0, 0.1) is 0 Å². The Kier molecular flexibility index (Phi) is 5.13. The number of carbonyl (C=O) groups is 1. The van der Waals surface area contributed by atoms with Gasteiger partial charge in [-0.1, -0.05) is 0 Å². The van der Waals surface area contributed by atoms with Gasteiger partial charge in [-0.2, -0.15) is 0 Å². The van der Waals surface area contributed by atoms with Crippen LogP contribution in [0.25, 0.3) is 0 Å². The van der Waals surface area contributed by atoms with Crippen molar-refractivity contribution >= 4 is 21.6 Å². The number of ether oxygens (including phenoxy) is 2. The van der Waals surface area contributed by atoms with Crippen molar-refractivity contribution in [2.24, 2.45) is 0 Å². The molecule has 2 aromatic carbocycles. The summed E-state index contributed by atoms with van der Waals surface area (Å²) in [5, 5.41) is 0. The molecule has 28 heavy (non-hydrogen) atoms. The van der Waals surface area contributed by atoms with Crippen LogP contribution in [0.5, 0.6) is 11.5 Å². The number of nitrogens with one attached hydrogen (secondary N) is 1. The maximum atomic E-state index is 12.7. The molecule has 0 atom stereocenters. The number of rotatable bonds is 4. The molecule has 2 aromatic rings. The summed E-state index contributed by atoms with van der Waals surface area (Å²) in [5.74, 6) is 0.934. The summed E-state index contributed by atoms with van der Waals surface area (Å²) in [7, 11) is -3.78. The van der Waals surface area contributed by atoms with E-state index in [1.165, 1.54) is 12.1 Å². The number of nitrogens with zero attached hydrogens (tertiary/aromatic N) is 1. The number of likely N-dealkylation sites (tertiary alicyclic amines) is 1. The minimum Gasteiger partial charge on any atom is -0.486 e. The predicted octanol–water partition coefficient (Wildman–Crippen LogP) is 2.88. The van der Waals surface area contributed by atoms with Crippen molar-refractivity contribution in [2.45, 2.75) is 24.2 Å². The fourth-order valence-electron chi connectivity index (χ4n) is 3.37. The summed E-state index contributed by atoms with van der Waals surface area (Å²) in [5.41, 5.74) is 0.953. The highest BCUT2D eigenvalue weighted by Crippen LogP contribution is 2.32. The van der Waals surface area contributed by atoms with E-state index in [1.807, 2.05) is 4.90 Å². The molecule has 0 aliphatic carbocycles. The molecule has 1 amide bonds. The van der Waals surface area contributed by atoms with Crippen LogP contribution in [0.2, 0.25) is 0 Å². The average molecular weight is 402 g/mol. The first-order valence-corrected chi connectivity index (χ1v) is 10.8. The van der Waals surface area contributed by atoms with Gasteiger partial charge in [-0.15, -0.1) is 0 Å². The van der Waals surface area contributed by atoms with Crippen LogP contribution >= 0.6 is 0 Å². The van der Waals surface area contributed by atoms with Gasteiger partial charge in [0.1, 0.15) is 13.2 Å². The number of piperidine rings is 1. The van der Waals surface area contributed by atoms with Crippen molar-refractivity contribution in [1.29, 1.82) is 0 Å². The molecule has 2 aliphatic heterocycles. The zero-order chi connectivity index (χ0) is 19.6. The van der Waals surface area contributed by atoms with Crippen LogP contribution in [0.1, 0.15) is 29.6 Å². The van der Waals surface area contributed by atoms with E-state index in [1.54, 1.807) is 30.3 Å². The topological polar surface area (TPSA) is 84.9 Å². The van der Waals surface area contributed by atoms with Gasteiger partial charge in [0.15, 0.2) is 11.5 Å². The van der Waals surface area contributed by atoms with Crippen LogP contribution in [0.15, 0.2) is 47.4 Å². The Labute approximate surface area is 164 Å². The largest absolute Gasteiger partial charge is 0.486 e. The summed E-state index contributed by atoms with van der Waals surface area (Å²) in [6.07, 6.45) is 3.21. The lowest BCUT2D eigenvalue weighted by Gasteiger charge is -2.26. The van der Waals surface area contributed by atoms with E-state index < -0.39 is 10.0 Å². The van der Waals surface area contributed by atoms with Gasteiger partial charge in [-0.3, -0.25) is 9.52 Å². The summed E-state index contributed by atoms with van der Waals surface area (Å²) >= 11 is 0. The predicted molar refractivity (Wildman–Crippen MR) is 104 cm³/mol. The number of hydrogen-bond donors (Lipinski definition) is 1. The van der Waals surface area contributed by atoms with Crippen molar-refractivity contribution in [3.05, 3.63) is 48.0 Å². The fourth-order valence-corrected chi connectivity index (χ4v) is 4.44. The Morgan fingerprint density at radius 1 is 0.893 bits per heavy atom. The Morgan fingerprint density at radius 3 is 2.29 bits per heavy atom. The second kappa shape index (κ2) is 7.71. The van der Waals surface area contributed by atoms with E-state index in [4.69, 9.17) is 9.47 Å². The van der Waals surface area contributed by atoms with Gasteiger partial charge in [-0.05, 0) is 55.7 Å². The standard InChI is InChI=1S/C20H22N2O5S/c23-20(22-10-2-1-3-11-22)15-4-6-16(7-5-15)21-28(24,25)17-8-9-18-19(14-17)27-13-12-26-18/h4-9,14,21H,1-3,10-13H2. The first kappa shape index (κ1) is 18.6. The first-order valence-electron chi connectivity index (χ1n) is 9.35. The first-order chi connectivity index (χ1) is 13.5. The smallest absolute Gasteiger partial charge is 0.262 e. The number of anilines is 1. The van der Waals surface area contributed by atoms with Crippen molar-refractivity contribution in [3.63, 3.8) is 0 Å². The third-order valence-electron chi connectivity index (χ3n) is 4.85. The zero-order valence-electron chi connectivity index (χ0n) is 15.4. The van der Waals surface area contributed by atoms with Gasteiger partial charge in [-0.25, -0.2) is 8.42 Å². The zero-order valence-corrected chi connectivity index (χ0v) is 16.2. The van der Waals surface area contributed by atoms with Gasteiger partial charge in [0.05, 0.1) is 4.90 Å². The van der Waals surface area contributed by atoms with Gasteiger partial charge in [0.25, 0.3) is 15.9 Å². The molecule has 0 spiro atoms. The highest BCUT2D eigenvalue weighted by Gasteiger charge is 2.21. The lowest BCUT2D eigenvalue weighted by atomic mass is 10.1. The summed E-state index contributed by atoms with van der Waals surface area (Å²) < 4.78 is 38.7. The van der Waals surface area contributed by atoms with Crippen LogP contribution in [-0.4, -0.2) is 45.5 Å². The molecule has 8 heteroatoms. The second-order valence-electron chi connectivity index (χ2n) is 6.84. The average Bonchev–Trinajstić information content (AvgIpc) is 2.74. The molecular weight excluding hydrogens is 380 g/mol. The molecule has 1 fully saturated rings. The number of benzene rings is 2. The Hall–Kier alpha value is -2.74. The van der Waals surface area contributed by atoms with Crippen molar-refractivity contribution in [3.8, 4) is 11.5 Å². The molecule has 0 bridgehead atoms. The molecule has 148 valence electrons. The fraction of sp³-hybridized carbons (Fsp3) is 0.350. The number of hydrogen-bond acceptors (Lipinski definition) is 5. The van der Waals surface area contributed by atoms with Crippen LogP contribution in [-0.2, 0) is 10.0 Å². The van der Waals surface area contributed by atoms with Crippen molar-refractivity contribution < 1.29 is 22.7 Å².